The zero-order valence-corrected chi connectivity index (χ0v) is 12.7. The van der Waals surface area contributed by atoms with E-state index in [9.17, 15) is 4.79 Å². The van der Waals surface area contributed by atoms with Crippen LogP contribution in [0, 0.1) is 5.92 Å². The Kier molecular flexibility index (Phi) is 4.15. The number of carbonyl (C=O) groups is 1. The first-order valence-corrected chi connectivity index (χ1v) is 8.08. The molecular weight excluding hydrogens is 262 g/mol. The standard InChI is InChI=1S/C17H25N3O/c1-12(17(21)19-15-8-4-3-7-14(15)18)20-11-10-13-6-2-5-9-16(13)20/h3-4,7-8,12-13,16H,2,5-6,9-11,18H2,1H3,(H,19,21). The molecule has 4 heteroatoms. The fourth-order valence-electron chi connectivity index (χ4n) is 3.92. The second kappa shape index (κ2) is 6.06. The lowest BCUT2D eigenvalue weighted by atomic mass is 9.85. The van der Waals surface area contributed by atoms with E-state index in [0.717, 1.165) is 12.5 Å². The van der Waals surface area contributed by atoms with Gasteiger partial charge in [-0.2, -0.15) is 0 Å². The molecule has 114 valence electrons. The van der Waals surface area contributed by atoms with Gasteiger partial charge in [-0.25, -0.2) is 0 Å². The van der Waals surface area contributed by atoms with E-state index in [-0.39, 0.29) is 11.9 Å². The van der Waals surface area contributed by atoms with Gasteiger partial charge in [0.25, 0.3) is 0 Å². The van der Waals surface area contributed by atoms with Crippen LogP contribution < -0.4 is 11.1 Å². The number of nitrogen functional groups attached to an aromatic ring is 1. The Labute approximate surface area is 126 Å². The number of para-hydroxylation sites is 2. The van der Waals surface area contributed by atoms with Gasteiger partial charge in [-0.05, 0) is 50.8 Å². The van der Waals surface area contributed by atoms with Crippen LogP contribution in [0.2, 0.25) is 0 Å². The highest BCUT2D eigenvalue weighted by molar-refractivity contribution is 5.97. The topological polar surface area (TPSA) is 58.4 Å². The first kappa shape index (κ1) is 14.4. The van der Waals surface area contributed by atoms with Crippen molar-refractivity contribution in [1.82, 2.24) is 4.90 Å². The Hall–Kier alpha value is -1.55. The van der Waals surface area contributed by atoms with Crippen LogP contribution in [-0.4, -0.2) is 29.4 Å². The number of rotatable bonds is 3. The molecule has 0 aromatic heterocycles. The zero-order chi connectivity index (χ0) is 14.8. The van der Waals surface area contributed by atoms with Crippen molar-refractivity contribution in [3.63, 3.8) is 0 Å². The summed E-state index contributed by atoms with van der Waals surface area (Å²) in [5.41, 5.74) is 7.24. The monoisotopic (exact) mass is 287 g/mol. The third-order valence-electron chi connectivity index (χ3n) is 5.15. The highest BCUT2D eigenvalue weighted by Gasteiger charge is 2.39. The molecule has 2 fully saturated rings. The molecular formula is C17H25N3O. The second-order valence-corrected chi connectivity index (χ2v) is 6.39. The van der Waals surface area contributed by atoms with Crippen LogP contribution >= 0.6 is 0 Å². The minimum atomic E-state index is -0.0855. The number of likely N-dealkylation sites (tertiary alicyclic amines) is 1. The first-order chi connectivity index (χ1) is 10.2. The lowest BCUT2D eigenvalue weighted by Crippen LogP contribution is -2.46. The van der Waals surface area contributed by atoms with Crippen LogP contribution in [0.1, 0.15) is 39.0 Å². The lowest BCUT2D eigenvalue weighted by Gasteiger charge is -2.34. The summed E-state index contributed by atoms with van der Waals surface area (Å²) in [6, 6.07) is 7.96. The summed E-state index contributed by atoms with van der Waals surface area (Å²) in [5, 5.41) is 2.98. The largest absolute Gasteiger partial charge is 0.397 e. The molecule has 1 aromatic rings. The Morgan fingerprint density at radius 1 is 1.29 bits per heavy atom. The van der Waals surface area contributed by atoms with E-state index in [1.54, 1.807) is 0 Å². The Morgan fingerprint density at radius 3 is 2.86 bits per heavy atom. The molecule has 1 aliphatic heterocycles. The van der Waals surface area contributed by atoms with Gasteiger partial charge in [0.05, 0.1) is 17.4 Å². The summed E-state index contributed by atoms with van der Waals surface area (Å²) in [4.78, 5) is 14.9. The first-order valence-electron chi connectivity index (χ1n) is 8.08. The SMILES string of the molecule is CC(C(=O)Nc1ccccc1N)N1CCC2CCCCC21. The minimum absolute atomic E-state index is 0.0547. The number of hydrogen-bond acceptors (Lipinski definition) is 3. The molecule has 1 amide bonds. The van der Waals surface area contributed by atoms with E-state index in [1.165, 1.54) is 32.1 Å². The molecule has 1 aliphatic carbocycles. The van der Waals surface area contributed by atoms with Crippen LogP contribution in [0.15, 0.2) is 24.3 Å². The predicted molar refractivity (Wildman–Crippen MR) is 86.0 cm³/mol. The molecule has 0 spiro atoms. The van der Waals surface area contributed by atoms with Crippen LogP contribution in [-0.2, 0) is 4.79 Å². The third-order valence-corrected chi connectivity index (χ3v) is 5.15. The smallest absolute Gasteiger partial charge is 0.241 e. The van der Waals surface area contributed by atoms with E-state index >= 15 is 0 Å². The molecule has 0 radical (unpaired) electrons. The van der Waals surface area contributed by atoms with E-state index < -0.39 is 0 Å². The van der Waals surface area contributed by atoms with Gasteiger partial charge in [0.2, 0.25) is 5.91 Å². The van der Waals surface area contributed by atoms with Gasteiger partial charge in [0, 0.05) is 6.04 Å². The normalized spacial score (nSPS) is 27.1. The summed E-state index contributed by atoms with van der Waals surface area (Å²) in [5.74, 6) is 0.856. The maximum absolute atomic E-state index is 12.5. The fraction of sp³-hybridized carbons (Fsp3) is 0.588. The van der Waals surface area contributed by atoms with E-state index in [1.807, 2.05) is 31.2 Å². The zero-order valence-electron chi connectivity index (χ0n) is 12.7. The molecule has 1 saturated carbocycles. The predicted octanol–water partition coefficient (Wildman–Crippen LogP) is 2.86. The number of benzene rings is 1. The number of fused-ring (bicyclic) bond motifs is 1. The highest BCUT2D eigenvalue weighted by atomic mass is 16.2. The molecule has 1 heterocycles. The number of carbonyl (C=O) groups excluding carboxylic acids is 1. The average molecular weight is 287 g/mol. The Balaban J connectivity index is 1.66. The van der Waals surface area contributed by atoms with Crippen LogP contribution in [0.4, 0.5) is 11.4 Å². The van der Waals surface area contributed by atoms with Crippen molar-refractivity contribution in [2.45, 2.75) is 51.1 Å². The van der Waals surface area contributed by atoms with E-state index in [4.69, 9.17) is 5.73 Å². The number of anilines is 2. The molecule has 21 heavy (non-hydrogen) atoms. The summed E-state index contributed by atoms with van der Waals surface area (Å²) in [6.45, 7) is 3.07. The molecule has 3 N–H and O–H groups in total. The van der Waals surface area contributed by atoms with E-state index in [0.29, 0.717) is 17.4 Å². The van der Waals surface area contributed by atoms with Crippen LogP contribution in [0.5, 0.6) is 0 Å². The van der Waals surface area contributed by atoms with Gasteiger partial charge in [-0.15, -0.1) is 0 Å². The molecule has 1 aromatic carbocycles. The number of hydrogen-bond donors (Lipinski definition) is 2. The van der Waals surface area contributed by atoms with Crippen molar-refractivity contribution in [1.29, 1.82) is 0 Å². The number of nitrogens with one attached hydrogen (secondary N) is 1. The summed E-state index contributed by atoms with van der Waals surface area (Å²) in [7, 11) is 0. The Bertz CT molecular complexity index is 517. The van der Waals surface area contributed by atoms with Gasteiger partial charge in [0.15, 0.2) is 0 Å². The van der Waals surface area contributed by atoms with E-state index in [2.05, 4.69) is 10.2 Å². The van der Waals surface area contributed by atoms with Crippen molar-refractivity contribution < 1.29 is 4.79 Å². The van der Waals surface area contributed by atoms with Gasteiger partial charge in [-0.3, -0.25) is 9.69 Å². The Morgan fingerprint density at radius 2 is 2.05 bits per heavy atom. The third kappa shape index (κ3) is 2.91. The molecule has 2 aliphatic rings. The van der Waals surface area contributed by atoms with Gasteiger partial charge in [0.1, 0.15) is 0 Å². The molecule has 4 nitrogen and oxygen atoms in total. The second-order valence-electron chi connectivity index (χ2n) is 6.39. The maximum Gasteiger partial charge on any atom is 0.241 e. The minimum Gasteiger partial charge on any atom is -0.397 e. The van der Waals surface area contributed by atoms with Crippen molar-refractivity contribution >= 4 is 17.3 Å². The lowest BCUT2D eigenvalue weighted by molar-refractivity contribution is -0.121. The quantitative estimate of drug-likeness (QED) is 0.840. The van der Waals surface area contributed by atoms with Crippen LogP contribution in [0.25, 0.3) is 0 Å². The van der Waals surface area contributed by atoms with Crippen LogP contribution in [0.3, 0.4) is 0 Å². The van der Waals surface area contributed by atoms with Gasteiger partial charge < -0.3 is 11.1 Å². The number of amides is 1. The molecule has 3 rings (SSSR count). The van der Waals surface area contributed by atoms with Crippen molar-refractivity contribution in [3.8, 4) is 0 Å². The average Bonchev–Trinajstić information content (AvgIpc) is 2.92. The van der Waals surface area contributed by atoms with Crippen molar-refractivity contribution in [2.24, 2.45) is 5.92 Å². The van der Waals surface area contributed by atoms with Crippen molar-refractivity contribution in [2.75, 3.05) is 17.6 Å². The fourth-order valence-corrected chi connectivity index (χ4v) is 3.92. The summed E-state index contributed by atoms with van der Waals surface area (Å²) >= 11 is 0. The van der Waals surface area contributed by atoms with Gasteiger partial charge in [-0.1, -0.05) is 25.0 Å². The highest BCUT2D eigenvalue weighted by Crippen LogP contribution is 2.37. The molecule has 0 bridgehead atoms. The summed E-state index contributed by atoms with van der Waals surface area (Å²) in [6.07, 6.45) is 6.49. The number of nitrogens with two attached hydrogens (primary N) is 1. The maximum atomic E-state index is 12.5. The van der Waals surface area contributed by atoms with Gasteiger partial charge >= 0.3 is 0 Å². The number of nitrogens with zero attached hydrogens (tertiary/aromatic N) is 1. The molecule has 3 atom stereocenters. The van der Waals surface area contributed by atoms with Crippen molar-refractivity contribution in [3.05, 3.63) is 24.3 Å². The summed E-state index contributed by atoms with van der Waals surface area (Å²) < 4.78 is 0. The molecule has 3 unspecified atom stereocenters. The molecule has 1 saturated heterocycles.